The van der Waals surface area contributed by atoms with Gasteiger partial charge in [0.15, 0.2) is 5.17 Å². The molecule has 0 saturated carbocycles. The fraction of sp³-hybridized carbons (Fsp3) is 0.357. The lowest BCUT2D eigenvalue weighted by Crippen LogP contribution is -2.51. The lowest BCUT2D eigenvalue weighted by atomic mass is 10.0. The van der Waals surface area contributed by atoms with Crippen molar-refractivity contribution < 1.29 is 14.7 Å². The molecule has 0 saturated heterocycles. The molecule has 0 aromatic heterocycles. The van der Waals surface area contributed by atoms with Crippen LogP contribution in [0.5, 0.6) is 0 Å². The molecule has 1 rings (SSSR count). The highest BCUT2D eigenvalue weighted by molar-refractivity contribution is 8.82. The van der Waals surface area contributed by atoms with E-state index in [-0.39, 0.29) is 5.17 Å². The quantitative estimate of drug-likeness (QED) is 0.401. The van der Waals surface area contributed by atoms with Crippen LogP contribution in [0.15, 0.2) is 29.3 Å². The first kappa shape index (κ1) is 19.7. The van der Waals surface area contributed by atoms with Crippen LogP contribution in [0, 0.1) is 0 Å². The highest BCUT2D eigenvalue weighted by Gasteiger charge is 2.37. The van der Waals surface area contributed by atoms with Gasteiger partial charge in [-0.3, -0.25) is 4.79 Å². The van der Waals surface area contributed by atoms with Gasteiger partial charge in [0.2, 0.25) is 5.91 Å². The molecule has 0 aliphatic heterocycles. The zero-order chi connectivity index (χ0) is 17.6. The molecular formula is C14H18ClN3O3S2. The highest BCUT2D eigenvalue weighted by atomic mass is 35.5. The number of halogens is 1. The first-order valence-corrected chi connectivity index (χ1v) is 9.10. The van der Waals surface area contributed by atoms with Crippen molar-refractivity contribution in [2.45, 2.75) is 31.6 Å². The van der Waals surface area contributed by atoms with Gasteiger partial charge in [0.1, 0.15) is 6.04 Å². The van der Waals surface area contributed by atoms with Crippen LogP contribution in [-0.4, -0.2) is 32.9 Å². The van der Waals surface area contributed by atoms with Gasteiger partial charge < -0.3 is 16.2 Å². The van der Waals surface area contributed by atoms with Crippen LogP contribution in [0.2, 0.25) is 5.02 Å². The zero-order valence-corrected chi connectivity index (χ0v) is 15.3. The van der Waals surface area contributed by atoms with Gasteiger partial charge in [-0.25, -0.2) is 9.79 Å². The zero-order valence-electron chi connectivity index (χ0n) is 12.9. The number of aliphatic imine (C=N–C) groups is 1. The van der Waals surface area contributed by atoms with Gasteiger partial charge in [-0.05, 0) is 36.8 Å². The summed E-state index contributed by atoms with van der Waals surface area (Å²) in [6, 6.07) is 5.95. The third kappa shape index (κ3) is 6.32. The predicted octanol–water partition coefficient (Wildman–Crippen LogP) is 3.04. The average molecular weight is 376 g/mol. The molecule has 0 fully saturated rings. The van der Waals surface area contributed by atoms with Crippen molar-refractivity contribution in [3.05, 3.63) is 29.3 Å². The van der Waals surface area contributed by atoms with Crippen LogP contribution in [0.4, 0.5) is 5.69 Å². The van der Waals surface area contributed by atoms with Crippen LogP contribution < -0.4 is 11.1 Å². The number of para-hydroxylation sites is 1. The molecule has 0 bridgehead atoms. The standard InChI is InChI=1S/C14H18ClN3O3S2/c1-8(19)17-11(12(20)21)14(2,3)23-22-13(16)18-10-7-5-4-6-9(10)15/h4-7,11H,1-3H3,(H2,16,18)(H,17,19)(H,20,21). The molecule has 1 aromatic carbocycles. The Kier molecular flexibility index (Phi) is 7.24. The molecule has 1 amide bonds. The van der Waals surface area contributed by atoms with Gasteiger partial charge in [-0.1, -0.05) is 34.5 Å². The van der Waals surface area contributed by atoms with Crippen LogP contribution in [0.25, 0.3) is 0 Å². The summed E-state index contributed by atoms with van der Waals surface area (Å²) in [5.41, 5.74) is 6.39. The Bertz CT molecular complexity index is 623. The third-order valence-electron chi connectivity index (χ3n) is 2.71. The number of carbonyl (C=O) groups excluding carboxylic acids is 1. The molecule has 0 aliphatic carbocycles. The van der Waals surface area contributed by atoms with Crippen molar-refractivity contribution in [1.29, 1.82) is 0 Å². The van der Waals surface area contributed by atoms with E-state index < -0.39 is 22.7 Å². The third-order valence-corrected chi connectivity index (χ3v) is 6.10. The minimum atomic E-state index is -1.11. The molecule has 23 heavy (non-hydrogen) atoms. The SMILES string of the molecule is CC(=O)NC(C(=O)O)C(C)(C)SSC(N)=Nc1ccccc1Cl. The van der Waals surface area contributed by atoms with E-state index >= 15 is 0 Å². The Morgan fingerprint density at radius 3 is 2.52 bits per heavy atom. The van der Waals surface area contributed by atoms with Crippen molar-refractivity contribution >= 4 is 55.9 Å². The van der Waals surface area contributed by atoms with E-state index in [9.17, 15) is 14.7 Å². The molecule has 6 nitrogen and oxygen atoms in total. The van der Waals surface area contributed by atoms with Crippen LogP contribution in [0.3, 0.4) is 0 Å². The Labute approximate surface area is 147 Å². The monoisotopic (exact) mass is 375 g/mol. The maximum absolute atomic E-state index is 11.3. The molecule has 9 heteroatoms. The first-order valence-electron chi connectivity index (χ1n) is 6.58. The average Bonchev–Trinajstić information content (AvgIpc) is 2.44. The number of carbonyl (C=O) groups is 2. The number of carboxylic acid groups (broad SMARTS) is 1. The Morgan fingerprint density at radius 2 is 2.00 bits per heavy atom. The molecular weight excluding hydrogens is 358 g/mol. The van der Waals surface area contributed by atoms with E-state index in [1.807, 2.05) is 0 Å². The van der Waals surface area contributed by atoms with Crippen LogP contribution >= 0.6 is 33.2 Å². The van der Waals surface area contributed by atoms with E-state index in [4.69, 9.17) is 17.3 Å². The van der Waals surface area contributed by atoms with Gasteiger partial charge in [0, 0.05) is 6.92 Å². The topological polar surface area (TPSA) is 105 Å². The second-order valence-corrected chi connectivity index (χ2v) is 8.35. The van der Waals surface area contributed by atoms with Gasteiger partial charge >= 0.3 is 5.97 Å². The molecule has 1 atom stereocenters. The second-order valence-electron chi connectivity index (χ2n) is 5.14. The summed E-state index contributed by atoms with van der Waals surface area (Å²) in [5.74, 6) is -1.52. The van der Waals surface area contributed by atoms with E-state index in [2.05, 4.69) is 10.3 Å². The maximum Gasteiger partial charge on any atom is 0.327 e. The number of aliphatic carboxylic acids is 1. The molecule has 0 heterocycles. The summed E-state index contributed by atoms with van der Waals surface area (Å²) < 4.78 is -0.803. The molecule has 4 N–H and O–H groups in total. The lowest BCUT2D eigenvalue weighted by molar-refractivity contribution is -0.142. The van der Waals surface area contributed by atoms with Crippen molar-refractivity contribution in [3.8, 4) is 0 Å². The molecule has 0 aliphatic rings. The highest BCUT2D eigenvalue weighted by Crippen LogP contribution is 2.39. The Hall–Kier alpha value is -1.38. The van der Waals surface area contributed by atoms with Crippen molar-refractivity contribution in [2.75, 3.05) is 0 Å². The molecule has 1 unspecified atom stereocenters. The number of benzene rings is 1. The summed E-state index contributed by atoms with van der Waals surface area (Å²) in [6.07, 6.45) is 0. The van der Waals surface area contributed by atoms with E-state index in [1.165, 1.54) is 17.7 Å². The second kappa shape index (κ2) is 8.47. The van der Waals surface area contributed by atoms with Gasteiger partial charge in [0.05, 0.1) is 15.5 Å². The van der Waals surface area contributed by atoms with Gasteiger partial charge in [0.25, 0.3) is 0 Å². The lowest BCUT2D eigenvalue weighted by Gasteiger charge is -2.30. The smallest absolute Gasteiger partial charge is 0.327 e. The maximum atomic E-state index is 11.3. The largest absolute Gasteiger partial charge is 0.480 e. The first-order chi connectivity index (χ1) is 10.6. The minimum Gasteiger partial charge on any atom is -0.480 e. The number of hydrogen-bond donors (Lipinski definition) is 3. The predicted molar refractivity (Wildman–Crippen MR) is 97.2 cm³/mol. The van der Waals surface area contributed by atoms with E-state index in [0.717, 1.165) is 10.8 Å². The van der Waals surface area contributed by atoms with Crippen molar-refractivity contribution in [2.24, 2.45) is 10.7 Å². The molecule has 126 valence electrons. The number of amidine groups is 1. The molecule has 1 aromatic rings. The van der Waals surface area contributed by atoms with Gasteiger partial charge in [-0.15, -0.1) is 0 Å². The fourth-order valence-electron chi connectivity index (χ4n) is 1.61. The van der Waals surface area contributed by atoms with Crippen molar-refractivity contribution in [1.82, 2.24) is 5.32 Å². The number of rotatable bonds is 6. The van der Waals surface area contributed by atoms with E-state index in [1.54, 1.807) is 38.1 Å². The molecule has 0 radical (unpaired) electrons. The number of nitrogens with two attached hydrogens (primary N) is 1. The Morgan fingerprint density at radius 1 is 1.39 bits per heavy atom. The van der Waals surface area contributed by atoms with Crippen molar-refractivity contribution in [3.63, 3.8) is 0 Å². The normalized spacial score (nSPS) is 13.5. The summed E-state index contributed by atoms with van der Waals surface area (Å²) >= 11 is 6.00. The summed E-state index contributed by atoms with van der Waals surface area (Å²) in [6.45, 7) is 4.70. The minimum absolute atomic E-state index is 0.239. The number of carboxylic acids is 1. The summed E-state index contributed by atoms with van der Waals surface area (Å²) in [5, 5.41) is 12.4. The number of hydrogen-bond acceptors (Lipinski definition) is 5. The number of nitrogens with zero attached hydrogens (tertiary/aromatic N) is 1. The van der Waals surface area contributed by atoms with Gasteiger partial charge in [-0.2, -0.15) is 0 Å². The number of nitrogens with one attached hydrogen (secondary N) is 1. The summed E-state index contributed by atoms with van der Waals surface area (Å²) in [7, 11) is 2.34. The fourth-order valence-corrected chi connectivity index (χ4v) is 3.78. The summed E-state index contributed by atoms with van der Waals surface area (Å²) in [4.78, 5) is 26.7. The number of amides is 1. The Balaban J connectivity index is 2.79. The molecule has 0 spiro atoms. The van der Waals surface area contributed by atoms with Crippen LogP contribution in [-0.2, 0) is 9.59 Å². The van der Waals surface area contributed by atoms with E-state index in [0.29, 0.717) is 10.7 Å². The van der Waals surface area contributed by atoms with Crippen LogP contribution in [0.1, 0.15) is 20.8 Å².